The molecule has 0 radical (unpaired) electrons. The molecule has 2 atom stereocenters. The summed E-state index contributed by atoms with van der Waals surface area (Å²) in [6.07, 6.45) is 4.24. The Morgan fingerprint density at radius 2 is 1.92 bits per heavy atom. The molecule has 2 nitrogen and oxygen atoms in total. The molecule has 0 amide bonds. The van der Waals surface area contributed by atoms with Gasteiger partial charge in [-0.25, -0.2) is 0 Å². The number of hydrogen-bond acceptors (Lipinski definition) is 2. The molecule has 0 aliphatic rings. The van der Waals surface area contributed by atoms with Gasteiger partial charge in [-0.05, 0) is 25.7 Å². The number of hydrogen-bond donors (Lipinski definition) is 0. The van der Waals surface area contributed by atoms with E-state index in [4.69, 9.17) is 4.74 Å². The Labute approximate surface area is 81.7 Å². The van der Waals surface area contributed by atoms with Crippen LogP contribution in [0.3, 0.4) is 0 Å². The number of carbonyl (C=O) groups excluding carboxylic acids is 1. The third kappa shape index (κ3) is 5.81. The molecule has 0 N–H and O–H groups in total. The van der Waals surface area contributed by atoms with Crippen molar-refractivity contribution in [2.75, 3.05) is 7.11 Å². The third-order valence-electron chi connectivity index (χ3n) is 2.44. The van der Waals surface area contributed by atoms with Crippen molar-refractivity contribution in [3.63, 3.8) is 0 Å². The molecule has 13 heavy (non-hydrogen) atoms. The zero-order chi connectivity index (χ0) is 10.3. The lowest BCUT2D eigenvalue weighted by molar-refractivity contribution is -0.127. The van der Waals surface area contributed by atoms with E-state index < -0.39 is 0 Å². The monoisotopic (exact) mass is 186 g/mol. The molecule has 0 aliphatic carbocycles. The average molecular weight is 186 g/mol. The van der Waals surface area contributed by atoms with Crippen LogP contribution in [0.4, 0.5) is 0 Å². The fraction of sp³-hybridized carbons (Fsp3) is 0.909. The summed E-state index contributed by atoms with van der Waals surface area (Å²) in [5.41, 5.74) is 0. The first kappa shape index (κ1) is 12.6. The molecular weight excluding hydrogens is 164 g/mol. The van der Waals surface area contributed by atoms with Gasteiger partial charge in [-0.15, -0.1) is 0 Å². The number of carbonyl (C=O) groups is 1. The van der Waals surface area contributed by atoms with Crippen molar-refractivity contribution in [3.8, 4) is 0 Å². The molecule has 2 unspecified atom stereocenters. The lowest BCUT2D eigenvalue weighted by atomic mass is 9.97. The smallest absolute Gasteiger partial charge is 0.158 e. The van der Waals surface area contributed by atoms with E-state index in [1.54, 1.807) is 14.0 Å². The fourth-order valence-electron chi connectivity index (χ4n) is 1.56. The van der Waals surface area contributed by atoms with Crippen molar-refractivity contribution in [2.24, 2.45) is 5.92 Å². The molecular formula is C11H22O2. The lowest BCUT2D eigenvalue weighted by Crippen LogP contribution is -2.20. The third-order valence-corrected chi connectivity index (χ3v) is 2.44. The van der Waals surface area contributed by atoms with E-state index >= 15 is 0 Å². The highest BCUT2D eigenvalue weighted by Gasteiger charge is 2.13. The van der Waals surface area contributed by atoms with Gasteiger partial charge in [0.25, 0.3) is 0 Å². The van der Waals surface area contributed by atoms with Crippen molar-refractivity contribution in [1.29, 1.82) is 0 Å². The highest BCUT2D eigenvalue weighted by Crippen LogP contribution is 2.15. The van der Waals surface area contributed by atoms with Gasteiger partial charge in [0, 0.05) is 7.11 Å². The number of methoxy groups -OCH3 is 1. The highest BCUT2D eigenvalue weighted by molar-refractivity contribution is 5.80. The van der Waals surface area contributed by atoms with Crippen molar-refractivity contribution < 1.29 is 9.53 Å². The topological polar surface area (TPSA) is 26.3 Å². The molecule has 0 rings (SSSR count). The highest BCUT2D eigenvalue weighted by atomic mass is 16.5. The Kier molecular flexibility index (Phi) is 6.87. The number of rotatable bonds is 7. The predicted octanol–water partition coefficient (Wildman–Crippen LogP) is 2.81. The van der Waals surface area contributed by atoms with E-state index in [-0.39, 0.29) is 11.9 Å². The molecule has 0 aromatic rings. The van der Waals surface area contributed by atoms with Crippen molar-refractivity contribution in [3.05, 3.63) is 0 Å². The van der Waals surface area contributed by atoms with Crippen LogP contribution in [0.5, 0.6) is 0 Å². The summed E-state index contributed by atoms with van der Waals surface area (Å²) in [4.78, 5) is 11.0. The predicted molar refractivity (Wildman–Crippen MR) is 54.8 cm³/mol. The number of ketones is 1. The Hall–Kier alpha value is -0.370. The summed E-state index contributed by atoms with van der Waals surface area (Å²) in [6, 6.07) is 0. The van der Waals surface area contributed by atoms with Gasteiger partial charge in [-0.2, -0.15) is 0 Å². The molecule has 0 spiro atoms. The molecule has 0 saturated carbocycles. The summed E-state index contributed by atoms with van der Waals surface area (Å²) < 4.78 is 5.09. The maximum Gasteiger partial charge on any atom is 0.158 e. The van der Waals surface area contributed by atoms with Crippen molar-refractivity contribution in [2.45, 2.75) is 52.6 Å². The van der Waals surface area contributed by atoms with Crippen LogP contribution in [0.1, 0.15) is 46.5 Å². The van der Waals surface area contributed by atoms with E-state index in [0.717, 1.165) is 12.8 Å². The minimum absolute atomic E-state index is 0.145. The SMILES string of the molecule is CCCC(C)CCC(OC)C(C)=O. The Balaban J connectivity index is 3.65. The van der Waals surface area contributed by atoms with Crippen LogP contribution in [0.15, 0.2) is 0 Å². The van der Waals surface area contributed by atoms with E-state index in [0.29, 0.717) is 5.92 Å². The second kappa shape index (κ2) is 7.07. The number of Topliss-reactive ketones (excluding diaryl/α,β-unsaturated/α-hetero) is 1. The Bertz CT molecular complexity index is 143. The first-order valence-electron chi connectivity index (χ1n) is 5.15. The maximum absolute atomic E-state index is 11.0. The maximum atomic E-state index is 11.0. The molecule has 0 bridgehead atoms. The van der Waals surface area contributed by atoms with E-state index in [1.165, 1.54) is 12.8 Å². The standard InChI is InChI=1S/C11H22O2/c1-5-6-9(2)7-8-11(13-4)10(3)12/h9,11H,5-8H2,1-4H3. The Morgan fingerprint density at radius 1 is 1.31 bits per heavy atom. The van der Waals surface area contributed by atoms with Crippen LogP contribution < -0.4 is 0 Å². The largest absolute Gasteiger partial charge is 0.374 e. The van der Waals surface area contributed by atoms with Crippen LogP contribution in [0, 0.1) is 5.92 Å². The molecule has 0 aliphatic heterocycles. The van der Waals surface area contributed by atoms with Crippen LogP contribution in [-0.2, 0) is 9.53 Å². The minimum atomic E-state index is -0.181. The molecule has 0 aromatic carbocycles. The lowest BCUT2D eigenvalue weighted by Gasteiger charge is -2.14. The molecule has 2 heteroatoms. The quantitative estimate of drug-likeness (QED) is 0.611. The average Bonchev–Trinajstić information content (AvgIpc) is 2.05. The fourth-order valence-corrected chi connectivity index (χ4v) is 1.56. The van der Waals surface area contributed by atoms with Gasteiger partial charge in [0.15, 0.2) is 5.78 Å². The number of ether oxygens (including phenoxy) is 1. The minimum Gasteiger partial charge on any atom is -0.374 e. The summed E-state index contributed by atoms with van der Waals surface area (Å²) in [5, 5.41) is 0. The van der Waals surface area contributed by atoms with Crippen LogP contribution in [-0.4, -0.2) is 19.0 Å². The summed E-state index contributed by atoms with van der Waals surface area (Å²) >= 11 is 0. The van der Waals surface area contributed by atoms with Gasteiger partial charge >= 0.3 is 0 Å². The van der Waals surface area contributed by atoms with Gasteiger partial charge in [0.05, 0.1) is 0 Å². The van der Waals surface area contributed by atoms with Gasteiger partial charge in [0.1, 0.15) is 6.10 Å². The molecule has 0 fully saturated rings. The van der Waals surface area contributed by atoms with Gasteiger partial charge < -0.3 is 4.74 Å². The molecule has 0 saturated heterocycles. The van der Waals surface area contributed by atoms with E-state index in [1.807, 2.05) is 0 Å². The van der Waals surface area contributed by atoms with Crippen LogP contribution in [0.25, 0.3) is 0 Å². The Morgan fingerprint density at radius 3 is 2.31 bits per heavy atom. The van der Waals surface area contributed by atoms with Gasteiger partial charge in [-0.1, -0.05) is 26.7 Å². The first-order chi connectivity index (χ1) is 6.11. The van der Waals surface area contributed by atoms with E-state index in [9.17, 15) is 4.79 Å². The zero-order valence-corrected chi connectivity index (χ0v) is 9.30. The summed E-state index contributed by atoms with van der Waals surface area (Å²) in [6.45, 7) is 6.02. The second-order valence-corrected chi connectivity index (χ2v) is 3.81. The van der Waals surface area contributed by atoms with Crippen LogP contribution >= 0.6 is 0 Å². The van der Waals surface area contributed by atoms with E-state index in [2.05, 4.69) is 13.8 Å². The molecule has 78 valence electrons. The summed E-state index contributed by atoms with van der Waals surface area (Å²) in [7, 11) is 1.61. The first-order valence-corrected chi connectivity index (χ1v) is 5.15. The van der Waals surface area contributed by atoms with Gasteiger partial charge in [-0.3, -0.25) is 4.79 Å². The summed E-state index contributed by atoms with van der Waals surface area (Å²) in [5.74, 6) is 0.855. The van der Waals surface area contributed by atoms with Crippen molar-refractivity contribution >= 4 is 5.78 Å². The normalized spacial score (nSPS) is 15.4. The van der Waals surface area contributed by atoms with Gasteiger partial charge in [0.2, 0.25) is 0 Å². The molecule has 0 aromatic heterocycles. The second-order valence-electron chi connectivity index (χ2n) is 3.81. The van der Waals surface area contributed by atoms with Crippen LogP contribution in [0.2, 0.25) is 0 Å². The zero-order valence-electron chi connectivity index (χ0n) is 9.30. The van der Waals surface area contributed by atoms with Crippen molar-refractivity contribution in [1.82, 2.24) is 0 Å². The molecule has 0 heterocycles.